The van der Waals surface area contributed by atoms with E-state index in [1.54, 1.807) is 12.1 Å². The number of nitrogens with zero attached hydrogens (tertiary/aromatic N) is 3. The highest BCUT2D eigenvalue weighted by atomic mass is 16.4. The van der Waals surface area contributed by atoms with E-state index in [2.05, 4.69) is 27.7 Å². The zero-order chi connectivity index (χ0) is 21.0. The molecule has 0 fully saturated rings. The monoisotopic (exact) mass is 391 g/mol. The van der Waals surface area contributed by atoms with Crippen LogP contribution in [0.5, 0.6) is 0 Å². The lowest BCUT2D eigenvalue weighted by molar-refractivity contribution is 0.0697. The van der Waals surface area contributed by atoms with Crippen molar-refractivity contribution in [1.29, 1.82) is 0 Å². The zero-order valence-corrected chi connectivity index (χ0v) is 17.6. The highest BCUT2D eigenvalue weighted by Crippen LogP contribution is 2.25. The lowest BCUT2D eigenvalue weighted by Gasteiger charge is -2.12. The summed E-state index contributed by atoms with van der Waals surface area (Å²) >= 11 is 0. The first kappa shape index (κ1) is 20.8. The average molecular weight is 392 g/mol. The van der Waals surface area contributed by atoms with E-state index in [0.717, 1.165) is 47.7 Å². The maximum atomic E-state index is 11.5. The summed E-state index contributed by atoms with van der Waals surface area (Å²) in [7, 11) is 0. The summed E-state index contributed by atoms with van der Waals surface area (Å²) in [6.07, 6.45) is 2.89. The predicted octanol–water partition coefficient (Wildman–Crippen LogP) is 5.33. The number of benzene rings is 2. The Kier molecular flexibility index (Phi) is 6.16. The van der Waals surface area contributed by atoms with Gasteiger partial charge in [0.25, 0.3) is 0 Å². The molecule has 29 heavy (non-hydrogen) atoms. The van der Waals surface area contributed by atoms with Gasteiger partial charge in [-0.15, -0.1) is 0 Å². The Bertz CT molecular complexity index is 982. The number of aryl methyl sites for hydroxylation is 1. The van der Waals surface area contributed by atoms with Gasteiger partial charge in [-0.25, -0.2) is 14.5 Å². The van der Waals surface area contributed by atoms with Crippen LogP contribution in [0.15, 0.2) is 48.5 Å². The molecule has 0 atom stereocenters. The standard InChI is InChI=1S/C24H29N3O2/c1-5-6-15-27-21(25-23(26-27)24(2,3)4)16-17-11-13-18(14-12-17)19-9-7-8-10-20(19)22(28)29/h7-14H,5-6,15-16H2,1-4H3,(H,28,29). The minimum absolute atomic E-state index is 0.0867. The van der Waals surface area contributed by atoms with Crippen molar-refractivity contribution in [3.8, 4) is 11.1 Å². The van der Waals surface area contributed by atoms with Crippen LogP contribution in [0.4, 0.5) is 0 Å². The Labute approximate surface area is 172 Å². The topological polar surface area (TPSA) is 68.0 Å². The number of carboxylic acid groups (broad SMARTS) is 1. The van der Waals surface area contributed by atoms with Crippen molar-refractivity contribution < 1.29 is 9.90 Å². The van der Waals surface area contributed by atoms with Gasteiger partial charge in [0.05, 0.1) is 5.56 Å². The van der Waals surface area contributed by atoms with Crippen LogP contribution < -0.4 is 0 Å². The summed E-state index contributed by atoms with van der Waals surface area (Å²) in [6, 6.07) is 15.1. The molecule has 1 aromatic heterocycles. The molecular formula is C24H29N3O2. The number of hydrogen-bond acceptors (Lipinski definition) is 3. The summed E-state index contributed by atoms with van der Waals surface area (Å²) in [6.45, 7) is 9.44. The molecule has 0 unspecified atom stereocenters. The normalized spacial score (nSPS) is 11.6. The quantitative estimate of drug-likeness (QED) is 0.591. The molecule has 0 bridgehead atoms. The van der Waals surface area contributed by atoms with Gasteiger partial charge >= 0.3 is 5.97 Å². The van der Waals surface area contributed by atoms with Gasteiger partial charge < -0.3 is 5.11 Å². The smallest absolute Gasteiger partial charge is 0.336 e. The van der Waals surface area contributed by atoms with E-state index in [0.29, 0.717) is 12.0 Å². The molecule has 0 aliphatic carbocycles. The third-order valence-electron chi connectivity index (χ3n) is 4.93. The van der Waals surface area contributed by atoms with Gasteiger partial charge in [-0.2, -0.15) is 5.10 Å². The average Bonchev–Trinajstić information content (AvgIpc) is 3.10. The Hall–Kier alpha value is -2.95. The second-order valence-corrected chi connectivity index (χ2v) is 8.40. The first-order valence-corrected chi connectivity index (χ1v) is 10.2. The van der Waals surface area contributed by atoms with Crippen LogP contribution in [0, 0.1) is 0 Å². The molecule has 1 heterocycles. The molecule has 0 spiro atoms. The molecule has 0 aliphatic rings. The van der Waals surface area contributed by atoms with E-state index in [1.807, 2.05) is 41.1 Å². The number of hydrogen-bond donors (Lipinski definition) is 1. The highest BCUT2D eigenvalue weighted by molar-refractivity contribution is 5.95. The predicted molar refractivity (Wildman–Crippen MR) is 115 cm³/mol. The van der Waals surface area contributed by atoms with Gasteiger partial charge in [-0.05, 0) is 29.2 Å². The third-order valence-corrected chi connectivity index (χ3v) is 4.93. The SMILES string of the molecule is CCCCn1nc(C(C)(C)C)nc1Cc1ccc(-c2ccccc2C(=O)O)cc1. The Morgan fingerprint density at radius 3 is 2.38 bits per heavy atom. The van der Waals surface area contributed by atoms with Gasteiger partial charge in [0.1, 0.15) is 5.82 Å². The molecule has 0 amide bonds. The molecule has 5 nitrogen and oxygen atoms in total. The minimum atomic E-state index is -0.914. The molecule has 0 saturated carbocycles. The number of aromatic nitrogens is 3. The van der Waals surface area contributed by atoms with E-state index in [9.17, 15) is 9.90 Å². The maximum Gasteiger partial charge on any atom is 0.336 e. The van der Waals surface area contributed by atoms with Crippen molar-refractivity contribution in [1.82, 2.24) is 14.8 Å². The van der Waals surface area contributed by atoms with Crippen LogP contribution in [0.2, 0.25) is 0 Å². The van der Waals surface area contributed by atoms with E-state index in [1.165, 1.54) is 0 Å². The summed E-state index contributed by atoms with van der Waals surface area (Å²) in [4.78, 5) is 16.3. The molecular weight excluding hydrogens is 362 g/mol. The molecule has 1 N–H and O–H groups in total. The second-order valence-electron chi connectivity index (χ2n) is 8.40. The van der Waals surface area contributed by atoms with E-state index >= 15 is 0 Å². The lowest BCUT2D eigenvalue weighted by Crippen LogP contribution is -2.14. The first-order valence-electron chi connectivity index (χ1n) is 10.2. The van der Waals surface area contributed by atoms with Crippen molar-refractivity contribution in [3.63, 3.8) is 0 Å². The van der Waals surface area contributed by atoms with Crippen LogP contribution in [0.1, 0.15) is 68.1 Å². The molecule has 0 aliphatic heterocycles. The molecule has 0 radical (unpaired) electrons. The number of carbonyl (C=O) groups is 1. The summed E-state index contributed by atoms with van der Waals surface area (Å²) in [5, 5.41) is 14.2. The number of unbranched alkanes of at least 4 members (excludes halogenated alkanes) is 1. The molecule has 5 heteroatoms. The van der Waals surface area contributed by atoms with Gasteiger partial charge in [-0.1, -0.05) is 76.6 Å². The molecule has 3 rings (SSSR count). The van der Waals surface area contributed by atoms with Crippen LogP contribution in [-0.2, 0) is 18.4 Å². The van der Waals surface area contributed by atoms with Crippen molar-refractivity contribution >= 4 is 5.97 Å². The number of carboxylic acids is 1. The van der Waals surface area contributed by atoms with Crippen LogP contribution >= 0.6 is 0 Å². The molecule has 3 aromatic rings. The number of aromatic carboxylic acids is 1. The minimum Gasteiger partial charge on any atom is -0.478 e. The molecule has 2 aromatic carbocycles. The van der Waals surface area contributed by atoms with E-state index < -0.39 is 5.97 Å². The highest BCUT2D eigenvalue weighted by Gasteiger charge is 2.22. The maximum absolute atomic E-state index is 11.5. The summed E-state index contributed by atoms with van der Waals surface area (Å²) in [5.74, 6) is 0.932. The first-order chi connectivity index (χ1) is 13.8. The zero-order valence-electron chi connectivity index (χ0n) is 17.6. The Morgan fingerprint density at radius 2 is 1.76 bits per heavy atom. The fourth-order valence-electron chi connectivity index (χ4n) is 3.22. The number of rotatable bonds is 7. The Balaban J connectivity index is 1.87. The Morgan fingerprint density at radius 1 is 1.07 bits per heavy atom. The molecule has 0 saturated heterocycles. The summed E-state index contributed by atoms with van der Waals surface area (Å²) < 4.78 is 2.04. The van der Waals surface area contributed by atoms with Gasteiger partial charge in [-0.3, -0.25) is 0 Å². The van der Waals surface area contributed by atoms with Crippen LogP contribution in [-0.4, -0.2) is 25.8 Å². The molecule has 152 valence electrons. The summed E-state index contributed by atoms with van der Waals surface area (Å²) in [5.41, 5.74) is 2.99. The second kappa shape index (κ2) is 8.60. The van der Waals surface area contributed by atoms with E-state index in [-0.39, 0.29) is 5.41 Å². The van der Waals surface area contributed by atoms with Crippen LogP contribution in [0.25, 0.3) is 11.1 Å². The van der Waals surface area contributed by atoms with Crippen molar-refractivity contribution in [3.05, 3.63) is 71.3 Å². The third kappa shape index (κ3) is 4.91. The van der Waals surface area contributed by atoms with Crippen LogP contribution in [0.3, 0.4) is 0 Å². The lowest BCUT2D eigenvalue weighted by atomic mass is 9.96. The fourth-order valence-corrected chi connectivity index (χ4v) is 3.22. The van der Waals surface area contributed by atoms with Gasteiger partial charge in [0.2, 0.25) is 0 Å². The van der Waals surface area contributed by atoms with Gasteiger partial charge in [0.15, 0.2) is 5.82 Å². The van der Waals surface area contributed by atoms with Crippen molar-refractivity contribution in [2.24, 2.45) is 0 Å². The van der Waals surface area contributed by atoms with E-state index in [4.69, 9.17) is 10.1 Å². The van der Waals surface area contributed by atoms with Gasteiger partial charge in [0, 0.05) is 18.4 Å². The van der Waals surface area contributed by atoms with Crippen molar-refractivity contribution in [2.45, 2.75) is 58.9 Å². The fraction of sp³-hybridized carbons (Fsp3) is 0.375. The van der Waals surface area contributed by atoms with Crippen molar-refractivity contribution in [2.75, 3.05) is 0 Å². The largest absolute Gasteiger partial charge is 0.478 e.